The monoisotopic (exact) mass is 630 g/mol. The number of nitro groups is 1. The Morgan fingerprint density at radius 2 is 1.96 bits per heavy atom. The summed E-state index contributed by atoms with van der Waals surface area (Å²) in [5.41, 5.74) is 3.66. The fraction of sp³-hybridized carbons (Fsp3) is 0.273. The first-order valence-electron chi connectivity index (χ1n) is 14.8. The number of hydrogen-bond acceptors (Lipinski definition) is 8. The van der Waals surface area contributed by atoms with Crippen LogP contribution in [0.25, 0.3) is 22.0 Å². The third kappa shape index (κ3) is 5.65. The lowest BCUT2D eigenvalue weighted by Gasteiger charge is -2.23. The number of imidazole rings is 1. The fourth-order valence-corrected chi connectivity index (χ4v) is 6.03. The topological polar surface area (TPSA) is 105 Å². The lowest BCUT2D eigenvalue weighted by Crippen LogP contribution is -2.40. The molecule has 0 atom stereocenters. The van der Waals surface area contributed by atoms with Crippen LogP contribution in [-0.2, 0) is 26.1 Å². The summed E-state index contributed by atoms with van der Waals surface area (Å²) in [6.07, 6.45) is 5.47. The Labute approximate surface area is 262 Å². The van der Waals surface area contributed by atoms with Crippen LogP contribution >= 0.6 is 0 Å². The van der Waals surface area contributed by atoms with Gasteiger partial charge in [0.05, 0.1) is 18.1 Å². The van der Waals surface area contributed by atoms with Gasteiger partial charge in [0.2, 0.25) is 12.5 Å². The van der Waals surface area contributed by atoms with E-state index < -0.39 is 16.6 Å². The molecular formula is C33H30F2N5O6+. The molecule has 5 aromatic rings. The Hall–Kier alpha value is -5.30. The SMILES string of the molecule is COc1ccc2cc3[n+](cc2c1OCCN(CCn1cncc1[N+](=O)[O-])Cc1ccc(F)cc1F)CCc1cc2c(cc1-3)OCO2. The third-order valence-electron chi connectivity index (χ3n) is 8.39. The molecular weight excluding hydrogens is 600 g/mol. The largest absolute Gasteiger partial charge is 0.493 e. The van der Waals surface area contributed by atoms with Crippen LogP contribution in [0.4, 0.5) is 14.6 Å². The number of hydrogen-bond donors (Lipinski definition) is 0. The number of halogens is 2. The second-order valence-corrected chi connectivity index (χ2v) is 11.1. The van der Waals surface area contributed by atoms with E-state index in [1.165, 1.54) is 34.8 Å². The highest BCUT2D eigenvalue weighted by atomic mass is 19.1. The summed E-state index contributed by atoms with van der Waals surface area (Å²) in [6, 6.07) is 13.5. The Morgan fingerprint density at radius 3 is 2.76 bits per heavy atom. The minimum atomic E-state index is -0.664. The summed E-state index contributed by atoms with van der Waals surface area (Å²) in [4.78, 5) is 16.7. The minimum Gasteiger partial charge on any atom is -0.493 e. The second-order valence-electron chi connectivity index (χ2n) is 11.1. The first-order chi connectivity index (χ1) is 22.4. The Bertz CT molecular complexity index is 1970. The molecule has 4 heterocycles. The van der Waals surface area contributed by atoms with Crippen LogP contribution in [0.5, 0.6) is 23.0 Å². The molecule has 46 heavy (non-hydrogen) atoms. The lowest BCUT2D eigenvalue weighted by molar-refractivity contribution is -0.686. The van der Waals surface area contributed by atoms with Gasteiger partial charge in [-0.15, -0.1) is 0 Å². The van der Waals surface area contributed by atoms with Gasteiger partial charge in [-0.05, 0) is 46.2 Å². The molecule has 3 aromatic carbocycles. The van der Waals surface area contributed by atoms with Gasteiger partial charge in [-0.3, -0.25) is 4.90 Å². The van der Waals surface area contributed by atoms with Gasteiger partial charge in [0.15, 0.2) is 42.1 Å². The molecule has 0 bridgehead atoms. The van der Waals surface area contributed by atoms with Crippen LogP contribution in [0.3, 0.4) is 0 Å². The summed E-state index contributed by atoms with van der Waals surface area (Å²) in [6.45, 7) is 2.25. The van der Waals surface area contributed by atoms with Gasteiger partial charge in [-0.1, -0.05) is 6.07 Å². The van der Waals surface area contributed by atoms with Crippen LogP contribution in [0, 0.1) is 21.7 Å². The zero-order valence-electron chi connectivity index (χ0n) is 24.9. The molecule has 0 fully saturated rings. The van der Waals surface area contributed by atoms with Crippen molar-refractivity contribution < 1.29 is 37.2 Å². The molecule has 0 amide bonds. The quantitative estimate of drug-likeness (QED) is 0.113. The van der Waals surface area contributed by atoms with Gasteiger partial charge in [0.25, 0.3) is 0 Å². The zero-order valence-corrected chi connectivity index (χ0v) is 24.9. The van der Waals surface area contributed by atoms with Gasteiger partial charge in [0.1, 0.15) is 31.0 Å². The average molecular weight is 631 g/mol. The third-order valence-corrected chi connectivity index (χ3v) is 8.39. The van der Waals surface area contributed by atoms with E-state index >= 15 is 0 Å². The number of methoxy groups -OCH3 is 1. The van der Waals surface area contributed by atoms with Gasteiger partial charge in [-0.25, -0.2) is 18.3 Å². The van der Waals surface area contributed by atoms with Gasteiger partial charge >= 0.3 is 5.82 Å². The molecule has 236 valence electrons. The van der Waals surface area contributed by atoms with Crippen LogP contribution in [0.2, 0.25) is 0 Å². The van der Waals surface area contributed by atoms with E-state index in [0.29, 0.717) is 30.2 Å². The number of aromatic nitrogens is 3. The predicted molar refractivity (Wildman–Crippen MR) is 162 cm³/mol. The number of benzene rings is 3. The first kappa shape index (κ1) is 29.4. The maximum Gasteiger partial charge on any atom is 0.342 e. The maximum atomic E-state index is 14.6. The molecule has 0 unspecified atom stereocenters. The molecule has 0 radical (unpaired) electrons. The van der Waals surface area contributed by atoms with E-state index in [-0.39, 0.29) is 32.3 Å². The summed E-state index contributed by atoms with van der Waals surface area (Å²) in [7, 11) is 1.58. The van der Waals surface area contributed by atoms with E-state index in [9.17, 15) is 18.9 Å². The highest BCUT2D eigenvalue weighted by molar-refractivity contribution is 5.91. The molecule has 0 N–H and O–H groups in total. The highest BCUT2D eigenvalue weighted by Gasteiger charge is 2.29. The lowest BCUT2D eigenvalue weighted by atomic mass is 9.95. The van der Waals surface area contributed by atoms with Crippen molar-refractivity contribution in [3.63, 3.8) is 0 Å². The van der Waals surface area contributed by atoms with Crippen LogP contribution in [-0.4, -0.2) is 53.0 Å². The molecule has 0 saturated carbocycles. The highest BCUT2D eigenvalue weighted by Crippen LogP contribution is 2.41. The van der Waals surface area contributed by atoms with E-state index in [1.54, 1.807) is 7.11 Å². The van der Waals surface area contributed by atoms with E-state index in [1.807, 2.05) is 23.1 Å². The molecule has 7 rings (SSSR count). The fourth-order valence-electron chi connectivity index (χ4n) is 6.03. The van der Waals surface area contributed by atoms with Gasteiger partial charge in [-0.2, -0.15) is 4.57 Å². The van der Waals surface area contributed by atoms with E-state index in [2.05, 4.69) is 27.9 Å². The number of fused-ring (bicyclic) bond motifs is 5. The van der Waals surface area contributed by atoms with E-state index in [0.717, 1.165) is 52.6 Å². The van der Waals surface area contributed by atoms with Crippen molar-refractivity contribution >= 4 is 16.6 Å². The zero-order chi connectivity index (χ0) is 31.8. The maximum absolute atomic E-state index is 14.6. The number of aryl methyl sites for hydroxylation is 2. The Kier molecular flexibility index (Phi) is 7.83. The van der Waals surface area contributed by atoms with Gasteiger partial charge in [0, 0.05) is 43.8 Å². The smallest absolute Gasteiger partial charge is 0.342 e. The Balaban J connectivity index is 1.14. The van der Waals surface area contributed by atoms with Crippen molar-refractivity contribution in [1.82, 2.24) is 14.5 Å². The van der Waals surface area contributed by atoms with Crippen LogP contribution in [0.15, 0.2) is 67.3 Å². The van der Waals surface area contributed by atoms with Gasteiger partial charge < -0.3 is 29.1 Å². The van der Waals surface area contributed by atoms with E-state index in [4.69, 9.17) is 18.9 Å². The molecule has 2 aliphatic heterocycles. The normalized spacial score (nSPS) is 13.1. The number of nitrogens with zero attached hydrogens (tertiary/aromatic N) is 5. The number of ether oxygens (including phenoxy) is 4. The summed E-state index contributed by atoms with van der Waals surface area (Å²) in [5, 5.41) is 13.2. The molecule has 11 nitrogen and oxygen atoms in total. The Morgan fingerprint density at radius 1 is 1.11 bits per heavy atom. The summed E-state index contributed by atoms with van der Waals surface area (Å²) >= 11 is 0. The van der Waals surface area contributed by atoms with Crippen molar-refractivity contribution in [3.05, 3.63) is 100 Å². The number of pyridine rings is 1. The average Bonchev–Trinajstić information content (AvgIpc) is 3.72. The minimum absolute atomic E-state index is 0.140. The summed E-state index contributed by atoms with van der Waals surface area (Å²) < 4.78 is 55.1. The van der Waals surface area contributed by atoms with Crippen molar-refractivity contribution in [3.8, 4) is 34.3 Å². The second kappa shape index (κ2) is 12.2. The van der Waals surface area contributed by atoms with Crippen LogP contribution < -0.4 is 23.5 Å². The molecule has 0 aliphatic carbocycles. The van der Waals surface area contributed by atoms with Crippen molar-refractivity contribution in [2.75, 3.05) is 33.6 Å². The molecule has 13 heteroatoms. The van der Waals surface area contributed by atoms with Crippen molar-refractivity contribution in [2.45, 2.75) is 26.1 Å². The van der Waals surface area contributed by atoms with Crippen LogP contribution in [0.1, 0.15) is 11.1 Å². The molecule has 2 aromatic heterocycles. The van der Waals surface area contributed by atoms with Crippen molar-refractivity contribution in [2.24, 2.45) is 0 Å². The van der Waals surface area contributed by atoms with Crippen molar-refractivity contribution in [1.29, 1.82) is 0 Å². The standard InChI is InChI=1S/C33H30F2N5O6/c1-43-29-5-3-21-12-28-25-15-31-30(45-20-46-31)13-22(25)6-7-38(28)18-26(21)33(29)44-11-10-37(17-23-2-4-24(34)14-27(23)35)8-9-39-19-36-16-32(39)40(41)42/h2-5,12-16,18-19H,6-11,17,20H2,1H3/q+1. The molecule has 0 spiro atoms. The predicted octanol–water partition coefficient (Wildman–Crippen LogP) is 5.05. The molecule has 2 aliphatic rings. The first-order valence-corrected chi connectivity index (χ1v) is 14.8. The molecule has 0 saturated heterocycles. The summed E-state index contributed by atoms with van der Waals surface area (Å²) in [5.74, 6) is 1.18. The number of rotatable bonds is 11.